The molecule has 92 valence electrons. The van der Waals surface area contributed by atoms with E-state index >= 15 is 0 Å². The minimum Gasteiger partial charge on any atom is -0.387 e. The summed E-state index contributed by atoms with van der Waals surface area (Å²) in [4.78, 5) is 23.1. The van der Waals surface area contributed by atoms with Crippen LogP contribution in [0.1, 0.15) is 12.8 Å². The van der Waals surface area contributed by atoms with Crippen LogP contribution >= 0.6 is 0 Å². The molecule has 0 unspecified atom stereocenters. The summed E-state index contributed by atoms with van der Waals surface area (Å²) in [5.41, 5.74) is 0.364. The summed E-state index contributed by atoms with van der Waals surface area (Å²) in [7, 11) is 1.71. The molecule has 1 fully saturated rings. The van der Waals surface area contributed by atoms with Crippen LogP contribution in [0, 0.1) is 5.92 Å². The Morgan fingerprint density at radius 1 is 1.59 bits per heavy atom. The first-order valence-electron chi connectivity index (χ1n) is 5.70. The highest BCUT2D eigenvalue weighted by Gasteiger charge is 2.21. The molecular weight excluding hydrogens is 220 g/mol. The number of nitrogens with one attached hydrogen (secondary N) is 2. The standard InChI is InChI=1S/C11H16N4O2/c1-12-9-4-11(17)15(14-6-9)7-10(16)13-5-8-2-3-8/h4,6,8,12H,2-3,5,7H2,1H3,(H,13,16). The molecule has 1 amide bonds. The third-order valence-corrected chi connectivity index (χ3v) is 2.74. The van der Waals surface area contributed by atoms with Crippen molar-refractivity contribution in [1.29, 1.82) is 0 Å². The van der Waals surface area contributed by atoms with E-state index in [2.05, 4.69) is 15.7 Å². The minimum absolute atomic E-state index is 0.0183. The van der Waals surface area contributed by atoms with Gasteiger partial charge in [0.15, 0.2) is 0 Å². The number of anilines is 1. The van der Waals surface area contributed by atoms with E-state index in [4.69, 9.17) is 0 Å². The van der Waals surface area contributed by atoms with Crippen LogP contribution in [0.2, 0.25) is 0 Å². The van der Waals surface area contributed by atoms with E-state index in [1.807, 2.05) is 0 Å². The Morgan fingerprint density at radius 3 is 2.94 bits per heavy atom. The van der Waals surface area contributed by atoms with Crippen molar-refractivity contribution in [2.75, 3.05) is 18.9 Å². The molecule has 1 aromatic rings. The van der Waals surface area contributed by atoms with Gasteiger partial charge in [0.05, 0.1) is 11.9 Å². The molecule has 0 aliphatic heterocycles. The Bertz CT molecular complexity index is 465. The fraction of sp³-hybridized carbons (Fsp3) is 0.545. The van der Waals surface area contributed by atoms with E-state index in [0.29, 0.717) is 18.2 Å². The van der Waals surface area contributed by atoms with E-state index in [0.717, 1.165) is 4.68 Å². The molecule has 0 aromatic carbocycles. The number of carbonyl (C=O) groups excluding carboxylic acids is 1. The molecule has 0 bridgehead atoms. The first kappa shape index (κ1) is 11.6. The van der Waals surface area contributed by atoms with Gasteiger partial charge in [0.25, 0.3) is 5.56 Å². The van der Waals surface area contributed by atoms with Gasteiger partial charge in [0.2, 0.25) is 5.91 Å². The predicted octanol–water partition coefficient (Wildman–Crippen LogP) is -0.189. The maximum absolute atomic E-state index is 11.6. The highest BCUT2D eigenvalue weighted by Crippen LogP contribution is 2.27. The monoisotopic (exact) mass is 236 g/mol. The summed E-state index contributed by atoms with van der Waals surface area (Å²) in [6.07, 6.45) is 3.90. The molecule has 1 saturated carbocycles. The number of carbonyl (C=O) groups is 1. The number of aromatic nitrogens is 2. The lowest BCUT2D eigenvalue weighted by molar-refractivity contribution is -0.121. The molecule has 0 saturated heterocycles. The molecule has 6 nitrogen and oxygen atoms in total. The van der Waals surface area contributed by atoms with Gasteiger partial charge in [0.1, 0.15) is 6.54 Å². The quantitative estimate of drug-likeness (QED) is 0.743. The average Bonchev–Trinajstić information content (AvgIpc) is 3.13. The third kappa shape index (κ3) is 3.30. The molecule has 2 rings (SSSR count). The van der Waals surface area contributed by atoms with E-state index in [1.54, 1.807) is 7.05 Å². The second-order valence-corrected chi connectivity index (χ2v) is 4.24. The predicted molar refractivity (Wildman–Crippen MR) is 63.8 cm³/mol. The molecule has 0 atom stereocenters. The highest BCUT2D eigenvalue weighted by atomic mass is 16.2. The third-order valence-electron chi connectivity index (χ3n) is 2.74. The lowest BCUT2D eigenvalue weighted by atomic mass is 10.4. The Kier molecular flexibility index (Phi) is 3.41. The Labute approximate surface area is 99.0 Å². The molecule has 1 heterocycles. The summed E-state index contributed by atoms with van der Waals surface area (Å²) in [5, 5.41) is 9.53. The zero-order valence-corrected chi connectivity index (χ0v) is 9.77. The molecule has 0 spiro atoms. The second kappa shape index (κ2) is 4.99. The van der Waals surface area contributed by atoms with Crippen molar-refractivity contribution in [1.82, 2.24) is 15.1 Å². The van der Waals surface area contributed by atoms with Gasteiger partial charge in [-0.25, -0.2) is 4.68 Å². The van der Waals surface area contributed by atoms with Crippen molar-refractivity contribution in [3.63, 3.8) is 0 Å². The first-order chi connectivity index (χ1) is 8.19. The van der Waals surface area contributed by atoms with E-state index < -0.39 is 0 Å². The number of nitrogens with zero attached hydrogens (tertiary/aromatic N) is 2. The summed E-state index contributed by atoms with van der Waals surface area (Å²) >= 11 is 0. The topological polar surface area (TPSA) is 76.0 Å². The van der Waals surface area contributed by atoms with Crippen molar-refractivity contribution in [3.05, 3.63) is 22.6 Å². The molecule has 17 heavy (non-hydrogen) atoms. The molecule has 1 aliphatic rings. The second-order valence-electron chi connectivity index (χ2n) is 4.24. The van der Waals surface area contributed by atoms with Crippen LogP contribution in [0.15, 0.2) is 17.1 Å². The normalized spacial score (nSPS) is 14.4. The van der Waals surface area contributed by atoms with Crippen molar-refractivity contribution < 1.29 is 4.79 Å². The van der Waals surface area contributed by atoms with Gasteiger partial charge in [-0.2, -0.15) is 5.10 Å². The maximum atomic E-state index is 11.6. The Hall–Kier alpha value is -1.85. The van der Waals surface area contributed by atoms with Crippen molar-refractivity contribution in [2.24, 2.45) is 5.92 Å². The molecule has 1 aliphatic carbocycles. The van der Waals surface area contributed by atoms with Gasteiger partial charge in [-0.05, 0) is 18.8 Å². The number of hydrogen-bond acceptors (Lipinski definition) is 4. The Balaban J connectivity index is 1.92. The van der Waals surface area contributed by atoms with Crippen LogP contribution in [0.3, 0.4) is 0 Å². The smallest absolute Gasteiger partial charge is 0.269 e. The van der Waals surface area contributed by atoms with E-state index in [9.17, 15) is 9.59 Å². The number of rotatable bonds is 5. The number of hydrogen-bond donors (Lipinski definition) is 2. The zero-order valence-electron chi connectivity index (χ0n) is 9.77. The minimum atomic E-state index is -0.279. The van der Waals surface area contributed by atoms with Crippen LogP contribution in [0.4, 0.5) is 5.69 Å². The molecule has 1 aromatic heterocycles. The van der Waals surface area contributed by atoms with E-state index in [1.165, 1.54) is 25.1 Å². The van der Waals surface area contributed by atoms with Gasteiger partial charge >= 0.3 is 0 Å². The van der Waals surface area contributed by atoms with Gasteiger partial charge in [-0.15, -0.1) is 0 Å². The Morgan fingerprint density at radius 2 is 2.35 bits per heavy atom. The van der Waals surface area contributed by atoms with Gasteiger partial charge in [-0.1, -0.05) is 0 Å². The van der Waals surface area contributed by atoms with Gasteiger partial charge in [-0.3, -0.25) is 9.59 Å². The summed E-state index contributed by atoms with van der Waals surface area (Å²) in [6, 6.07) is 1.42. The van der Waals surface area contributed by atoms with Crippen molar-refractivity contribution >= 4 is 11.6 Å². The lowest BCUT2D eigenvalue weighted by Gasteiger charge is -2.06. The van der Waals surface area contributed by atoms with Crippen molar-refractivity contribution in [2.45, 2.75) is 19.4 Å². The van der Waals surface area contributed by atoms with Gasteiger partial charge < -0.3 is 10.6 Å². The fourth-order valence-corrected chi connectivity index (χ4v) is 1.46. The summed E-state index contributed by atoms with van der Waals surface area (Å²) in [5.74, 6) is 0.471. The zero-order chi connectivity index (χ0) is 12.3. The maximum Gasteiger partial charge on any atom is 0.269 e. The van der Waals surface area contributed by atoms with Crippen molar-refractivity contribution in [3.8, 4) is 0 Å². The first-order valence-corrected chi connectivity index (χ1v) is 5.70. The van der Waals surface area contributed by atoms with Crippen LogP contribution in [0.5, 0.6) is 0 Å². The lowest BCUT2D eigenvalue weighted by Crippen LogP contribution is -2.34. The fourth-order valence-electron chi connectivity index (χ4n) is 1.46. The molecule has 6 heteroatoms. The largest absolute Gasteiger partial charge is 0.387 e. The number of amides is 1. The summed E-state index contributed by atoms with van der Waals surface area (Å²) in [6.45, 7) is 0.692. The van der Waals surface area contributed by atoms with Gasteiger partial charge in [0, 0.05) is 19.7 Å². The molecular formula is C11H16N4O2. The van der Waals surface area contributed by atoms with Crippen LogP contribution in [-0.4, -0.2) is 29.3 Å². The van der Waals surface area contributed by atoms with Crippen LogP contribution < -0.4 is 16.2 Å². The van der Waals surface area contributed by atoms with Crippen LogP contribution in [-0.2, 0) is 11.3 Å². The van der Waals surface area contributed by atoms with Crippen LogP contribution in [0.25, 0.3) is 0 Å². The summed E-state index contributed by atoms with van der Waals surface area (Å²) < 4.78 is 1.16. The average molecular weight is 236 g/mol. The highest BCUT2D eigenvalue weighted by molar-refractivity contribution is 5.75. The molecule has 0 radical (unpaired) electrons. The SMILES string of the molecule is CNc1cnn(CC(=O)NCC2CC2)c(=O)c1. The van der Waals surface area contributed by atoms with E-state index in [-0.39, 0.29) is 18.0 Å². The molecule has 2 N–H and O–H groups in total.